The van der Waals surface area contributed by atoms with E-state index in [1.165, 1.54) is 12.1 Å². The zero-order valence-corrected chi connectivity index (χ0v) is 11.9. The second-order valence-corrected chi connectivity index (χ2v) is 5.10. The third-order valence-corrected chi connectivity index (χ3v) is 3.10. The molecule has 1 aromatic carbocycles. The Morgan fingerprint density at radius 2 is 1.86 bits per heavy atom. The van der Waals surface area contributed by atoms with Crippen LogP contribution in [0.4, 0.5) is 18.9 Å². The summed E-state index contributed by atoms with van der Waals surface area (Å²) in [7, 11) is 1.74. The standard InChI is InChI=1S/C15H17F3N2O/c1-10-3-6-13(21-10)9-20(2)8-11-4-5-12(19)7-14(11)15(16,17)18/h3-7H,8-9,19H2,1-2H3. The maximum Gasteiger partial charge on any atom is 0.416 e. The lowest BCUT2D eigenvalue weighted by Gasteiger charge is -2.19. The van der Waals surface area contributed by atoms with E-state index in [-0.39, 0.29) is 17.8 Å². The minimum absolute atomic E-state index is 0.107. The average Bonchev–Trinajstić information content (AvgIpc) is 2.75. The van der Waals surface area contributed by atoms with Crippen LogP contribution in [-0.2, 0) is 19.3 Å². The second kappa shape index (κ2) is 5.81. The van der Waals surface area contributed by atoms with Crippen molar-refractivity contribution in [3.63, 3.8) is 0 Å². The lowest BCUT2D eigenvalue weighted by Crippen LogP contribution is -2.20. The predicted octanol–water partition coefficient (Wildman–Crippen LogP) is 3.82. The fraction of sp³-hybridized carbons (Fsp3) is 0.333. The molecule has 2 aromatic rings. The first-order valence-corrected chi connectivity index (χ1v) is 6.45. The number of benzene rings is 1. The van der Waals surface area contributed by atoms with Gasteiger partial charge in [-0.15, -0.1) is 0 Å². The molecule has 21 heavy (non-hydrogen) atoms. The summed E-state index contributed by atoms with van der Waals surface area (Å²) in [6.07, 6.45) is -4.41. The van der Waals surface area contributed by atoms with Crippen molar-refractivity contribution >= 4 is 5.69 Å². The predicted molar refractivity (Wildman–Crippen MR) is 74.5 cm³/mol. The van der Waals surface area contributed by atoms with E-state index in [1.54, 1.807) is 11.9 Å². The molecule has 0 spiro atoms. The Labute approximate surface area is 121 Å². The second-order valence-electron chi connectivity index (χ2n) is 5.10. The molecule has 0 atom stereocenters. The summed E-state index contributed by atoms with van der Waals surface area (Å²) < 4.78 is 44.5. The highest BCUT2D eigenvalue weighted by atomic mass is 19.4. The first kappa shape index (κ1) is 15.4. The van der Waals surface area contributed by atoms with Gasteiger partial charge in [-0.2, -0.15) is 13.2 Å². The molecular formula is C15H17F3N2O. The molecule has 0 aliphatic heterocycles. The minimum atomic E-state index is -4.41. The van der Waals surface area contributed by atoms with Crippen molar-refractivity contribution in [3.05, 3.63) is 53.0 Å². The van der Waals surface area contributed by atoms with Crippen molar-refractivity contribution in [2.24, 2.45) is 0 Å². The molecule has 0 saturated heterocycles. The summed E-state index contributed by atoms with van der Waals surface area (Å²) in [4.78, 5) is 1.76. The SMILES string of the molecule is Cc1ccc(CN(C)Cc2ccc(N)cc2C(F)(F)F)o1. The molecule has 2 N–H and O–H groups in total. The van der Waals surface area contributed by atoms with Crippen molar-refractivity contribution in [2.75, 3.05) is 12.8 Å². The Morgan fingerprint density at radius 3 is 2.43 bits per heavy atom. The largest absolute Gasteiger partial charge is 0.465 e. The number of hydrogen-bond acceptors (Lipinski definition) is 3. The molecule has 0 radical (unpaired) electrons. The van der Waals surface area contributed by atoms with Gasteiger partial charge in [0.2, 0.25) is 0 Å². The van der Waals surface area contributed by atoms with Gasteiger partial charge in [-0.3, -0.25) is 4.90 Å². The Bertz CT molecular complexity index is 620. The van der Waals surface area contributed by atoms with Crippen LogP contribution in [0.3, 0.4) is 0 Å². The fourth-order valence-corrected chi connectivity index (χ4v) is 2.18. The van der Waals surface area contributed by atoms with Gasteiger partial charge in [-0.25, -0.2) is 0 Å². The van der Waals surface area contributed by atoms with Gasteiger partial charge in [0, 0.05) is 12.2 Å². The van der Waals surface area contributed by atoms with Crippen LogP contribution in [-0.4, -0.2) is 11.9 Å². The van der Waals surface area contributed by atoms with Gasteiger partial charge >= 0.3 is 6.18 Å². The Morgan fingerprint density at radius 1 is 1.14 bits per heavy atom. The lowest BCUT2D eigenvalue weighted by molar-refractivity contribution is -0.138. The topological polar surface area (TPSA) is 42.4 Å². The maximum atomic E-state index is 13.0. The first-order chi connectivity index (χ1) is 9.75. The summed E-state index contributed by atoms with van der Waals surface area (Å²) in [6.45, 7) is 2.43. The van der Waals surface area contributed by atoms with Gasteiger partial charge in [-0.1, -0.05) is 6.07 Å². The van der Waals surface area contributed by atoms with Crippen molar-refractivity contribution in [1.82, 2.24) is 4.90 Å². The zero-order chi connectivity index (χ0) is 15.6. The molecular weight excluding hydrogens is 281 g/mol. The van der Waals surface area contributed by atoms with Crippen molar-refractivity contribution in [2.45, 2.75) is 26.2 Å². The summed E-state index contributed by atoms with van der Waals surface area (Å²) in [6, 6.07) is 7.52. The van der Waals surface area contributed by atoms with Gasteiger partial charge in [0.25, 0.3) is 0 Å². The van der Waals surface area contributed by atoms with Crippen LogP contribution in [0.25, 0.3) is 0 Å². The van der Waals surface area contributed by atoms with Crippen LogP contribution in [0.5, 0.6) is 0 Å². The summed E-state index contributed by atoms with van der Waals surface area (Å²) in [5.74, 6) is 1.50. The van der Waals surface area contributed by atoms with Crippen molar-refractivity contribution < 1.29 is 17.6 Å². The van der Waals surface area contributed by atoms with Crippen LogP contribution in [0.15, 0.2) is 34.7 Å². The van der Waals surface area contributed by atoms with Crippen LogP contribution in [0.1, 0.15) is 22.6 Å². The Kier molecular flexibility index (Phi) is 4.27. The van der Waals surface area contributed by atoms with E-state index in [0.717, 1.165) is 17.6 Å². The summed E-state index contributed by atoms with van der Waals surface area (Å²) >= 11 is 0. The number of nitrogen functional groups attached to an aromatic ring is 1. The van der Waals surface area contributed by atoms with E-state index in [4.69, 9.17) is 10.2 Å². The molecule has 0 saturated carbocycles. The Hall–Kier alpha value is -1.95. The van der Waals surface area contributed by atoms with Crippen LogP contribution in [0.2, 0.25) is 0 Å². The van der Waals surface area contributed by atoms with Crippen LogP contribution < -0.4 is 5.73 Å². The summed E-state index contributed by atoms with van der Waals surface area (Å²) in [5.41, 5.74) is 5.07. The molecule has 2 rings (SSSR count). The summed E-state index contributed by atoms with van der Waals surface area (Å²) in [5, 5.41) is 0. The number of furan rings is 1. The number of hydrogen-bond donors (Lipinski definition) is 1. The van der Waals surface area contributed by atoms with Gasteiger partial charge in [-0.05, 0) is 43.8 Å². The number of aryl methyl sites for hydroxylation is 1. The highest BCUT2D eigenvalue weighted by Crippen LogP contribution is 2.33. The van der Waals surface area contributed by atoms with Crippen LogP contribution in [0, 0.1) is 6.92 Å². The van der Waals surface area contributed by atoms with E-state index in [9.17, 15) is 13.2 Å². The zero-order valence-electron chi connectivity index (χ0n) is 11.9. The molecule has 0 aliphatic carbocycles. The molecule has 6 heteroatoms. The molecule has 0 aliphatic rings. The van der Waals surface area contributed by atoms with E-state index in [2.05, 4.69) is 0 Å². The molecule has 0 unspecified atom stereocenters. The van der Waals surface area contributed by atoms with Gasteiger partial charge < -0.3 is 10.2 Å². The van der Waals surface area contributed by atoms with E-state index >= 15 is 0 Å². The van der Waals surface area contributed by atoms with Crippen LogP contribution >= 0.6 is 0 Å². The van der Waals surface area contributed by atoms with Gasteiger partial charge in [0.1, 0.15) is 11.5 Å². The number of halogens is 3. The van der Waals surface area contributed by atoms with Gasteiger partial charge in [0.05, 0.1) is 12.1 Å². The normalized spacial score (nSPS) is 12.1. The first-order valence-electron chi connectivity index (χ1n) is 6.45. The number of nitrogens with zero attached hydrogens (tertiary/aromatic N) is 1. The smallest absolute Gasteiger partial charge is 0.416 e. The molecule has 114 valence electrons. The third kappa shape index (κ3) is 4.01. The molecule has 0 bridgehead atoms. The number of anilines is 1. The highest BCUT2D eigenvalue weighted by molar-refractivity contribution is 5.46. The molecule has 0 amide bonds. The fourth-order valence-electron chi connectivity index (χ4n) is 2.18. The van der Waals surface area contributed by atoms with E-state index in [1.807, 2.05) is 19.1 Å². The quantitative estimate of drug-likeness (QED) is 0.873. The molecule has 0 fully saturated rings. The van der Waals surface area contributed by atoms with Gasteiger partial charge in [0.15, 0.2) is 0 Å². The maximum absolute atomic E-state index is 13.0. The molecule has 1 heterocycles. The van der Waals surface area contributed by atoms with E-state index in [0.29, 0.717) is 6.54 Å². The lowest BCUT2D eigenvalue weighted by atomic mass is 10.1. The van der Waals surface area contributed by atoms with E-state index < -0.39 is 11.7 Å². The Balaban J connectivity index is 2.15. The monoisotopic (exact) mass is 298 g/mol. The highest BCUT2D eigenvalue weighted by Gasteiger charge is 2.33. The number of alkyl halides is 3. The van der Waals surface area contributed by atoms with Crippen molar-refractivity contribution in [1.29, 1.82) is 0 Å². The van der Waals surface area contributed by atoms with Crippen molar-refractivity contribution in [3.8, 4) is 0 Å². The molecule has 3 nitrogen and oxygen atoms in total. The third-order valence-electron chi connectivity index (χ3n) is 3.10. The minimum Gasteiger partial charge on any atom is -0.465 e. The number of rotatable bonds is 4. The molecule has 1 aromatic heterocycles. The number of nitrogens with two attached hydrogens (primary N) is 1. The average molecular weight is 298 g/mol.